The van der Waals surface area contributed by atoms with Gasteiger partial charge >= 0.3 is 6.09 Å². The van der Waals surface area contributed by atoms with Gasteiger partial charge in [-0.2, -0.15) is 10.2 Å². The summed E-state index contributed by atoms with van der Waals surface area (Å²) in [4.78, 5) is 19.2. The molecule has 1 aliphatic rings. The number of fused-ring (bicyclic) bond motifs is 1. The number of amides is 1. The molecule has 4 heterocycles. The number of nitrogens with zero attached hydrogens (tertiary/aromatic N) is 6. The van der Waals surface area contributed by atoms with Gasteiger partial charge in [-0.3, -0.25) is 4.68 Å². The zero-order chi connectivity index (χ0) is 24.0. The molecule has 3 aromatic rings. The Bertz CT molecular complexity index is 1160. The molecule has 1 saturated heterocycles. The van der Waals surface area contributed by atoms with Crippen molar-refractivity contribution in [1.82, 2.24) is 29.3 Å². The molecule has 0 spiro atoms. The van der Waals surface area contributed by atoms with Crippen molar-refractivity contribution < 1.29 is 19.0 Å². The molecule has 10 nitrogen and oxygen atoms in total. The Morgan fingerprint density at radius 1 is 1.18 bits per heavy atom. The molecule has 33 heavy (non-hydrogen) atoms. The molecule has 1 aliphatic heterocycles. The molecule has 0 N–H and O–H groups in total. The van der Waals surface area contributed by atoms with E-state index in [1.807, 2.05) is 67.1 Å². The van der Waals surface area contributed by atoms with Crippen LogP contribution in [0.2, 0.25) is 0 Å². The number of aromatic nitrogens is 5. The third kappa shape index (κ3) is 5.27. The molecule has 1 amide bonds. The van der Waals surface area contributed by atoms with E-state index >= 15 is 0 Å². The first-order chi connectivity index (χ1) is 15.3. The van der Waals surface area contributed by atoms with E-state index in [9.17, 15) is 4.79 Å². The van der Waals surface area contributed by atoms with E-state index in [1.165, 1.54) is 0 Å². The van der Waals surface area contributed by atoms with Gasteiger partial charge in [-0.05, 0) is 47.6 Å². The van der Waals surface area contributed by atoms with Crippen molar-refractivity contribution in [1.29, 1.82) is 0 Å². The van der Waals surface area contributed by atoms with Gasteiger partial charge in [0.05, 0.1) is 43.0 Å². The molecule has 0 bridgehead atoms. The molecule has 0 radical (unpaired) electrons. The van der Waals surface area contributed by atoms with E-state index in [0.29, 0.717) is 24.7 Å². The van der Waals surface area contributed by atoms with Crippen LogP contribution in [0.5, 0.6) is 5.88 Å². The Kier molecular flexibility index (Phi) is 5.60. The lowest BCUT2D eigenvalue weighted by atomic mass is 9.98. The standard InChI is InChI=1S/C23H32N6O4/c1-21(2,3)32-20(30)28-13-22(4,5)33-23(6,14-28)15-31-19-18-8-9-24-29(18)12-17(26-19)16-10-25-27(7)11-16/h8-12H,13-15H2,1-7H3. The second kappa shape index (κ2) is 8.02. The van der Waals surface area contributed by atoms with Crippen LogP contribution in [-0.4, -0.2) is 71.9 Å². The fourth-order valence-corrected chi connectivity index (χ4v) is 4.10. The Hall–Kier alpha value is -3.14. The Labute approximate surface area is 193 Å². The first-order valence-corrected chi connectivity index (χ1v) is 11.0. The highest BCUT2D eigenvalue weighted by atomic mass is 16.6. The molecule has 178 valence electrons. The van der Waals surface area contributed by atoms with Crippen LogP contribution in [0.25, 0.3) is 16.8 Å². The van der Waals surface area contributed by atoms with Crippen molar-refractivity contribution in [2.45, 2.75) is 58.3 Å². The SMILES string of the molecule is Cn1cc(-c2cn3nccc3c(OCC3(C)CN(C(=O)OC(C)(C)C)CC(C)(C)O3)n2)cn1. The molecular formula is C23H32N6O4. The van der Waals surface area contributed by atoms with Crippen molar-refractivity contribution in [3.8, 4) is 17.1 Å². The molecule has 4 rings (SSSR count). The monoisotopic (exact) mass is 456 g/mol. The summed E-state index contributed by atoms with van der Waals surface area (Å²) in [5.41, 5.74) is 0.393. The summed E-state index contributed by atoms with van der Waals surface area (Å²) in [5, 5.41) is 8.57. The maximum absolute atomic E-state index is 12.8. The minimum Gasteiger partial charge on any atom is -0.473 e. The van der Waals surface area contributed by atoms with Crippen LogP contribution in [0.3, 0.4) is 0 Å². The van der Waals surface area contributed by atoms with Crippen molar-refractivity contribution in [3.63, 3.8) is 0 Å². The van der Waals surface area contributed by atoms with Crippen molar-refractivity contribution in [2.24, 2.45) is 7.05 Å². The molecule has 1 unspecified atom stereocenters. The quantitative estimate of drug-likeness (QED) is 0.594. The normalized spacial score (nSPS) is 20.8. The lowest BCUT2D eigenvalue weighted by Gasteiger charge is -2.48. The van der Waals surface area contributed by atoms with Crippen LogP contribution in [0, 0.1) is 0 Å². The van der Waals surface area contributed by atoms with E-state index in [-0.39, 0.29) is 12.7 Å². The number of carbonyl (C=O) groups is 1. The summed E-state index contributed by atoms with van der Waals surface area (Å²) in [5.74, 6) is 0.436. The van der Waals surface area contributed by atoms with Crippen LogP contribution in [0.15, 0.2) is 30.9 Å². The van der Waals surface area contributed by atoms with Gasteiger partial charge < -0.3 is 19.1 Å². The summed E-state index contributed by atoms with van der Waals surface area (Å²) in [6, 6.07) is 1.84. The van der Waals surface area contributed by atoms with Crippen LogP contribution >= 0.6 is 0 Å². The van der Waals surface area contributed by atoms with Crippen molar-refractivity contribution >= 4 is 11.6 Å². The smallest absolute Gasteiger partial charge is 0.410 e. The third-order valence-corrected chi connectivity index (χ3v) is 5.14. The lowest BCUT2D eigenvalue weighted by Crippen LogP contribution is -2.62. The molecular weight excluding hydrogens is 424 g/mol. The second-order valence-corrected chi connectivity index (χ2v) is 10.4. The first kappa shape index (κ1) is 23.0. The number of morpholine rings is 1. The summed E-state index contributed by atoms with van der Waals surface area (Å²) < 4.78 is 21.6. The van der Waals surface area contributed by atoms with E-state index < -0.39 is 16.8 Å². The maximum atomic E-state index is 12.8. The van der Waals surface area contributed by atoms with Crippen LogP contribution in [0.4, 0.5) is 4.79 Å². The number of aryl methyl sites for hydroxylation is 1. The zero-order valence-electron chi connectivity index (χ0n) is 20.3. The van der Waals surface area contributed by atoms with Gasteiger partial charge in [0.15, 0.2) is 0 Å². The zero-order valence-corrected chi connectivity index (χ0v) is 20.3. The average Bonchev–Trinajstić information content (AvgIpc) is 3.32. The molecule has 10 heteroatoms. The fraction of sp³-hybridized carbons (Fsp3) is 0.565. The van der Waals surface area contributed by atoms with Gasteiger partial charge in [0.1, 0.15) is 23.3 Å². The molecule has 0 saturated carbocycles. The molecule has 1 atom stereocenters. The fourth-order valence-electron chi connectivity index (χ4n) is 4.10. The number of rotatable bonds is 4. The summed E-state index contributed by atoms with van der Waals surface area (Å²) in [7, 11) is 1.85. The Balaban J connectivity index is 1.57. The van der Waals surface area contributed by atoms with Crippen LogP contribution in [-0.2, 0) is 16.5 Å². The summed E-state index contributed by atoms with van der Waals surface area (Å²) in [6.45, 7) is 12.4. The highest BCUT2D eigenvalue weighted by Gasteiger charge is 2.44. The predicted octanol–water partition coefficient (Wildman–Crippen LogP) is 3.31. The highest BCUT2D eigenvalue weighted by Crippen LogP contribution is 2.31. The predicted molar refractivity (Wildman–Crippen MR) is 122 cm³/mol. The lowest BCUT2D eigenvalue weighted by molar-refractivity contribution is -0.195. The number of hydrogen-bond acceptors (Lipinski definition) is 7. The average molecular weight is 457 g/mol. The van der Waals surface area contributed by atoms with Crippen molar-refractivity contribution in [3.05, 3.63) is 30.9 Å². The van der Waals surface area contributed by atoms with Gasteiger partial charge in [-0.1, -0.05) is 0 Å². The molecule has 0 aromatic carbocycles. The van der Waals surface area contributed by atoms with Gasteiger partial charge in [0, 0.05) is 18.8 Å². The molecule has 3 aromatic heterocycles. The van der Waals surface area contributed by atoms with E-state index in [1.54, 1.807) is 26.5 Å². The number of carbonyl (C=O) groups excluding carboxylic acids is 1. The summed E-state index contributed by atoms with van der Waals surface area (Å²) >= 11 is 0. The number of hydrogen-bond donors (Lipinski definition) is 0. The van der Waals surface area contributed by atoms with Crippen LogP contribution < -0.4 is 4.74 Å². The largest absolute Gasteiger partial charge is 0.473 e. The van der Waals surface area contributed by atoms with E-state index in [0.717, 1.165) is 11.1 Å². The maximum Gasteiger partial charge on any atom is 0.410 e. The highest BCUT2D eigenvalue weighted by molar-refractivity contribution is 5.68. The minimum atomic E-state index is -0.762. The summed E-state index contributed by atoms with van der Waals surface area (Å²) in [6.07, 6.45) is 6.80. The van der Waals surface area contributed by atoms with Crippen molar-refractivity contribution in [2.75, 3.05) is 19.7 Å². The third-order valence-electron chi connectivity index (χ3n) is 5.14. The van der Waals surface area contributed by atoms with E-state index in [4.69, 9.17) is 19.2 Å². The van der Waals surface area contributed by atoms with Gasteiger partial charge in [0.2, 0.25) is 5.88 Å². The first-order valence-electron chi connectivity index (χ1n) is 11.0. The van der Waals surface area contributed by atoms with Gasteiger partial charge in [-0.25, -0.2) is 14.3 Å². The second-order valence-electron chi connectivity index (χ2n) is 10.4. The minimum absolute atomic E-state index is 0.195. The molecule has 0 aliphatic carbocycles. The Morgan fingerprint density at radius 3 is 2.61 bits per heavy atom. The van der Waals surface area contributed by atoms with Crippen LogP contribution in [0.1, 0.15) is 41.5 Å². The van der Waals surface area contributed by atoms with E-state index in [2.05, 4.69) is 10.2 Å². The molecule has 1 fully saturated rings. The van der Waals surface area contributed by atoms with Gasteiger partial charge in [0.25, 0.3) is 0 Å². The van der Waals surface area contributed by atoms with Gasteiger partial charge in [-0.15, -0.1) is 0 Å². The Morgan fingerprint density at radius 2 is 1.94 bits per heavy atom. The number of ether oxygens (including phenoxy) is 3. The topological polar surface area (TPSA) is 96.0 Å².